The fourth-order valence-corrected chi connectivity index (χ4v) is 3.79. The normalized spacial score (nSPS) is 28.9. The van der Waals surface area contributed by atoms with Crippen molar-refractivity contribution in [3.63, 3.8) is 0 Å². The van der Waals surface area contributed by atoms with Crippen LogP contribution in [0.15, 0.2) is 0 Å². The van der Waals surface area contributed by atoms with Crippen LogP contribution in [0.4, 0.5) is 0 Å². The molecule has 0 amide bonds. The van der Waals surface area contributed by atoms with E-state index in [-0.39, 0.29) is 5.54 Å². The zero-order valence-electron chi connectivity index (χ0n) is 13.0. The molecule has 0 aromatic rings. The molecule has 19 heavy (non-hydrogen) atoms. The Hall–Kier alpha value is -0.120. The van der Waals surface area contributed by atoms with Gasteiger partial charge in [-0.05, 0) is 32.7 Å². The molecule has 2 fully saturated rings. The average Bonchev–Trinajstić information content (AvgIpc) is 2.47. The monoisotopic (exact) mass is 267 g/mol. The highest BCUT2D eigenvalue weighted by molar-refractivity contribution is 4.94. The molecule has 2 aliphatic rings. The van der Waals surface area contributed by atoms with Gasteiger partial charge < -0.3 is 5.73 Å². The summed E-state index contributed by atoms with van der Waals surface area (Å²) in [5.41, 5.74) is 6.37. The van der Waals surface area contributed by atoms with Crippen LogP contribution in [-0.2, 0) is 0 Å². The minimum absolute atomic E-state index is 0.235. The lowest BCUT2D eigenvalue weighted by atomic mass is 9.89. The molecule has 112 valence electrons. The second-order valence-electron chi connectivity index (χ2n) is 6.79. The van der Waals surface area contributed by atoms with Crippen molar-refractivity contribution in [3.8, 4) is 0 Å². The lowest BCUT2D eigenvalue weighted by Crippen LogP contribution is -2.62. The topological polar surface area (TPSA) is 32.5 Å². The lowest BCUT2D eigenvalue weighted by molar-refractivity contribution is -0.00823. The van der Waals surface area contributed by atoms with Crippen molar-refractivity contribution >= 4 is 0 Å². The largest absolute Gasteiger partial charge is 0.329 e. The van der Waals surface area contributed by atoms with Crippen LogP contribution in [0.25, 0.3) is 0 Å². The Morgan fingerprint density at radius 3 is 2.74 bits per heavy atom. The molecule has 0 saturated carbocycles. The van der Waals surface area contributed by atoms with Crippen LogP contribution in [-0.4, -0.2) is 54.1 Å². The number of nitrogens with two attached hydrogens (primary N) is 1. The summed E-state index contributed by atoms with van der Waals surface area (Å²) >= 11 is 0. The molecule has 0 spiro atoms. The second-order valence-corrected chi connectivity index (χ2v) is 6.79. The Morgan fingerprint density at radius 2 is 2.00 bits per heavy atom. The first-order valence-electron chi connectivity index (χ1n) is 8.39. The van der Waals surface area contributed by atoms with Crippen molar-refractivity contribution in [3.05, 3.63) is 0 Å². The minimum atomic E-state index is 0.235. The molecule has 0 bridgehead atoms. The summed E-state index contributed by atoms with van der Waals surface area (Å²) in [4.78, 5) is 5.41. The molecule has 3 heteroatoms. The van der Waals surface area contributed by atoms with Crippen molar-refractivity contribution in [1.29, 1.82) is 0 Å². The fourth-order valence-electron chi connectivity index (χ4n) is 3.79. The first-order valence-corrected chi connectivity index (χ1v) is 8.39. The Bertz CT molecular complexity index is 269. The Morgan fingerprint density at radius 1 is 1.16 bits per heavy atom. The van der Waals surface area contributed by atoms with E-state index in [9.17, 15) is 0 Å². The lowest BCUT2D eigenvalue weighted by Gasteiger charge is -2.50. The number of rotatable bonds is 6. The molecule has 0 aliphatic carbocycles. The van der Waals surface area contributed by atoms with Crippen molar-refractivity contribution in [2.75, 3.05) is 32.7 Å². The van der Waals surface area contributed by atoms with Gasteiger partial charge >= 0.3 is 0 Å². The molecular weight excluding hydrogens is 234 g/mol. The van der Waals surface area contributed by atoms with Crippen LogP contribution in [0.3, 0.4) is 0 Å². The van der Waals surface area contributed by atoms with E-state index in [1.165, 1.54) is 71.1 Å². The SMILES string of the molecule is CCCCCC(C)(CN)N1CCN2CCCCC2C1. The maximum absolute atomic E-state index is 6.13. The van der Waals surface area contributed by atoms with E-state index in [4.69, 9.17) is 5.73 Å². The van der Waals surface area contributed by atoms with E-state index >= 15 is 0 Å². The highest BCUT2D eigenvalue weighted by Crippen LogP contribution is 2.28. The highest BCUT2D eigenvalue weighted by Gasteiger charge is 2.37. The third kappa shape index (κ3) is 3.71. The standard InChI is InChI=1S/C16H33N3/c1-3-4-6-9-16(2,14-17)19-12-11-18-10-7-5-8-15(18)13-19/h15H,3-14,17H2,1-2H3. The third-order valence-electron chi connectivity index (χ3n) is 5.36. The average molecular weight is 267 g/mol. The van der Waals surface area contributed by atoms with Gasteiger partial charge in [-0.2, -0.15) is 0 Å². The van der Waals surface area contributed by atoms with Crippen molar-refractivity contribution in [2.45, 2.75) is 70.4 Å². The van der Waals surface area contributed by atoms with E-state index in [0.29, 0.717) is 0 Å². The summed E-state index contributed by atoms with van der Waals surface area (Å²) in [5, 5.41) is 0. The fraction of sp³-hybridized carbons (Fsp3) is 1.00. The second kappa shape index (κ2) is 7.05. The van der Waals surface area contributed by atoms with Gasteiger partial charge in [0, 0.05) is 37.8 Å². The zero-order chi connectivity index (χ0) is 13.7. The van der Waals surface area contributed by atoms with Crippen molar-refractivity contribution in [2.24, 2.45) is 5.73 Å². The summed E-state index contributed by atoms with van der Waals surface area (Å²) in [7, 11) is 0. The van der Waals surface area contributed by atoms with Crippen molar-refractivity contribution in [1.82, 2.24) is 9.80 Å². The summed E-state index contributed by atoms with van der Waals surface area (Å²) in [6, 6.07) is 0.805. The van der Waals surface area contributed by atoms with Gasteiger partial charge in [-0.1, -0.05) is 32.6 Å². The smallest absolute Gasteiger partial charge is 0.0304 e. The third-order valence-corrected chi connectivity index (χ3v) is 5.36. The summed E-state index contributed by atoms with van der Waals surface area (Å²) in [5.74, 6) is 0. The molecule has 0 radical (unpaired) electrons. The predicted octanol–water partition coefficient (Wildman–Crippen LogP) is 2.45. The van der Waals surface area contributed by atoms with E-state index < -0.39 is 0 Å². The van der Waals surface area contributed by atoms with E-state index in [1.807, 2.05) is 0 Å². The number of hydrogen-bond donors (Lipinski definition) is 1. The van der Waals surface area contributed by atoms with Crippen LogP contribution in [0.5, 0.6) is 0 Å². The molecule has 2 saturated heterocycles. The van der Waals surface area contributed by atoms with Gasteiger partial charge in [0.15, 0.2) is 0 Å². The Balaban J connectivity index is 1.91. The van der Waals surface area contributed by atoms with E-state index in [0.717, 1.165) is 12.6 Å². The Kier molecular flexibility index (Phi) is 5.67. The van der Waals surface area contributed by atoms with Gasteiger partial charge in [-0.3, -0.25) is 9.80 Å². The number of fused-ring (bicyclic) bond motifs is 1. The number of piperazine rings is 1. The molecule has 2 heterocycles. The number of unbranched alkanes of at least 4 members (excludes halogenated alkanes) is 2. The quantitative estimate of drug-likeness (QED) is 0.750. The van der Waals surface area contributed by atoms with Crippen LogP contribution >= 0.6 is 0 Å². The number of hydrogen-bond acceptors (Lipinski definition) is 3. The molecule has 0 aromatic carbocycles. The highest BCUT2D eigenvalue weighted by atomic mass is 15.3. The zero-order valence-corrected chi connectivity index (χ0v) is 13.0. The minimum Gasteiger partial charge on any atom is -0.329 e. The molecule has 2 atom stereocenters. The molecule has 2 N–H and O–H groups in total. The van der Waals surface area contributed by atoms with Gasteiger partial charge in [0.05, 0.1) is 0 Å². The summed E-state index contributed by atoms with van der Waals surface area (Å²) in [6.45, 7) is 10.5. The molecular formula is C16H33N3. The first kappa shape index (κ1) is 15.3. The van der Waals surface area contributed by atoms with E-state index in [2.05, 4.69) is 23.6 Å². The van der Waals surface area contributed by atoms with Crippen LogP contribution < -0.4 is 5.73 Å². The van der Waals surface area contributed by atoms with Crippen LogP contribution in [0, 0.1) is 0 Å². The van der Waals surface area contributed by atoms with Gasteiger partial charge in [0.25, 0.3) is 0 Å². The Labute approximate surface area is 119 Å². The van der Waals surface area contributed by atoms with Crippen LogP contribution in [0.1, 0.15) is 58.8 Å². The number of nitrogens with zero attached hydrogens (tertiary/aromatic N) is 2. The van der Waals surface area contributed by atoms with Crippen molar-refractivity contribution < 1.29 is 0 Å². The number of piperidine rings is 1. The van der Waals surface area contributed by atoms with Crippen LogP contribution in [0.2, 0.25) is 0 Å². The first-order chi connectivity index (χ1) is 9.19. The van der Waals surface area contributed by atoms with Gasteiger partial charge in [0.2, 0.25) is 0 Å². The van der Waals surface area contributed by atoms with Gasteiger partial charge in [0.1, 0.15) is 0 Å². The molecule has 2 aliphatic heterocycles. The van der Waals surface area contributed by atoms with Gasteiger partial charge in [-0.15, -0.1) is 0 Å². The maximum Gasteiger partial charge on any atom is 0.0304 e. The summed E-state index contributed by atoms with van der Waals surface area (Å²) in [6.07, 6.45) is 9.46. The molecule has 2 unspecified atom stereocenters. The molecule has 3 nitrogen and oxygen atoms in total. The molecule has 0 aromatic heterocycles. The predicted molar refractivity (Wildman–Crippen MR) is 82.4 cm³/mol. The maximum atomic E-state index is 6.13. The van der Waals surface area contributed by atoms with E-state index in [1.54, 1.807) is 0 Å². The summed E-state index contributed by atoms with van der Waals surface area (Å²) < 4.78 is 0. The van der Waals surface area contributed by atoms with Gasteiger partial charge in [-0.25, -0.2) is 0 Å². The molecule has 2 rings (SSSR count).